The zero-order valence-electron chi connectivity index (χ0n) is 20.5. The van der Waals surface area contributed by atoms with E-state index in [1.165, 1.54) is 18.1 Å². The molecule has 0 bridgehead atoms. The fourth-order valence-corrected chi connectivity index (χ4v) is 5.85. The van der Waals surface area contributed by atoms with Crippen molar-refractivity contribution < 1.29 is 29.3 Å². The molecule has 4 N–H and O–H groups in total. The third-order valence-electron chi connectivity index (χ3n) is 7.41. The fraction of sp³-hybridized carbons (Fsp3) is 0.370. The number of nitrogens with one attached hydrogen (secondary N) is 2. The average molecular weight is 492 g/mol. The van der Waals surface area contributed by atoms with Crippen LogP contribution in [-0.2, 0) is 20.8 Å². The van der Waals surface area contributed by atoms with Gasteiger partial charge >= 0.3 is 5.97 Å². The van der Waals surface area contributed by atoms with Gasteiger partial charge in [-0.15, -0.1) is 0 Å². The maximum absolute atomic E-state index is 13.8. The number of methoxy groups -OCH3 is 1. The number of ether oxygens (including phenoxy) is 1. The van der Waals surface area contributed by atoms with Crippen LogP contribution in [-0.4, -0.2) is 56.1 Å². The number of aromatic hydroxyl groups is 1. The van der Waals surface area contributed by atoms with Crippen molar-refractivity contribution in [3.05, 3.63) is 59.8 Å². The van der Waals surface area contributed by atoms with E-state index < -0.39 is 46.7 Å². The number of carboxylic acids is 1. The second-order valence-corrected chi connectivity index (χ2v) is 10.6. The second kappa shape index (κ2) is 8.09. The lowest BCUT2D eigenvalue weighted by molar-refractivity contribution is -0.153. The Morgan fingerprint density at radius 2 is 1.86 bits per heavy atom. The van der Waals surface area contributed by atoms with Crippen LogP contribution in [0, 0.1) is 11.8 Å². The number of hydrogen-bond acceptors (Lipinski definition) is 6. The first kappa shape index (κ1) is 23.9. The Morgan fingerprint density at radius 1 is 1.14 bits per heavy atom. The monoisotopic (exact) mass is 491 g/mol. The number of rotatable bonds is 5. The number of aliphatic carboxylic acids is 1. The molecular weight excluding hydrogens is 462 g/mol. The van der Waals surface area contributed by atoms with E-state index in [1.54, 1.807) is 39.1 Å². The number of carbonyl (C=O) groups excluding carboxylic acids is 2. The molecule has 0 aliphatic carbocycles. The molecule has 0 radical (unpaired) electrons. The van der Waals surface area contributed by atoms with Gasteiger partial charge < -0.3 is 19.9 Å². The summed E-state index contributed by atoms with van der Waals surface area (Å²) in [6, 6.07) is 11.4. The predicted molar refractivity (Wildman–Crippen MR) is 131 cm³/mol. The largest absolute Gasteiger partial charge is 0.504 e. The van der Waals surface area contributed by atoms with Crippen LogP contribution in [0.5, 0.6) is 11.5 Å². The molecule has 3 aromatic rings. The third kappa shape index (κ3) is 3.37. The van der Waals surface area contributed by atoms with E-state index in [1.807, 2.05) is 24.3 Å². The van der Waals surface area contributed by atoms with Crippen molar-refractivity contribution in [1.29, 1.82) is 0 Å². The number of para-hydroxylation sites is 1. The van der Waals surface area contributed by atoms with Crippen molar-refractivity contribution in [3.8, 4) is 11.5 Å². The topological polar surface area (TPSA) is 132 Å². The summed E-state index contributed by atoms with van der Waals surface area (Å²) in [5.74, 6) is -4.06. The molecule has 0 saturated carbocycles. The molecule has 36 heavy (non-hydrogen) atoms. The van der Waals surface area contributed by atoms with Crippen LogP contribution >= 0.6 is 0 Å². The first-order valence-electron chi connectivity index (χ1n) is 11.8. The zero-order valence-corrected chi connectivity index (χ0v) is 20.5. The Labute approximate surface area is 208 Å². The summed E-state index contributed by atoms with van der Waals surface area (Å²) in [4.78, 5) is 45.0. The molecule has 9 heteroatoms. The molecule has 1 aromatic heterocycles. The molecule has 9 nitrogen and oxygen atoms in total. The minimum absolute atomic E-state index is 0.00374. The lowest BCUT2D eigenvalue weighted by Gasteiger charge is -2.35. The Morgan fingerprint density at radius 3 is 2.53 bits per heavy atom. The predicted octanol–water partition coefficient (Wildman–Crippen LogP) is 2.99. The number of likely N-dealkylation sites (tertiary alicyclic amines) is 1. The van der Waals surface area contributed by atoms with Crippen LogP contribution in [0.2, 0.25) is 0 Å². The van der Waals surface area contributed by atoms with Gasteiger partial charge in [-0.05, 0) is 50.1 Å². The highest BCUT2D eigenvalue weighted by molar-refractivity contribution is 6.10. The number of hydrogen-bond donors (Lipinski definition) is 4. The molecule has 4 unspecified atom stereocenters. The maximum Gasteiger partial charge on any atom is 0.325 e. The molecule has 2 aliphatic rings. The van der Waals surface area contributed by atoms with E-state index in [2.05, 4.69) is 10.3 Å². The van der Waals surface area contributed by atoms with Crippen LogP contribution in [0.4, 0.5) is 0 Å². The van der Waals surface area contributed by atoms with Crippen LogP contribution in [0.3, 0.4) is 0 Å². The van der Waals surface area contributed by atoms with Gasteiger partial charge in [-0.1, -0.05) is 24.3 Å². The molecule has 4 atom stereocenters. The Balaban J connectivity index is 1.69. The van der Waals surface area contributed by atoms with E-state index >= 15 is 0 Å². The standard InChI is InChI=1S/C27H29N3O6/c1-26(2,3)30-23(32)20-21(24(30)33)27(25(34)35,12-15-13-28-17-8-6-5-7-16(15)17)29-22(20)14-9-10-18(31)19(11-14)36-4/h5-11,13,20-22,28-29,31H,12H2,1-4H3,(H,34,35). The number of benzene rings is 2. The van der Waals surface area contributed by atoms with E-state index in [-0.39, 0.29) is 17.9 Å². The van der Waals surface area contributed by atoms with Gasteiger partial charge in [0.25, 0.3) is 0 Å². The lowest BCUT2D eigenvalue weighted by atomic mass is 9.76. The minimum atomic E-state index is -1.74. The number of H-pyrrole nitrogens is 1. The summed E-state index contributed by atoms with van der Waals surface area (Å²) in [6.45, 7) is 5.29. The molecule has 2 aromatic carbocycles. The van der Waals surface area contributed by atoms with Gasteiger partial charge in [-0.3, -0.25) is 24.6 Å². The molecule has 2 saturated heterocycles. The van der Waals surface area contributed by atoms with Gasteiger partial charge in [0.2, 0.25) is 11.8 Å². The number of fused-ring (bicyclic) bond motifs is 2. The number of aromatic nitrogens is 1. The van der Waals surface area contributed by atoms with Crippen molar-refractivity contribution in [2.45, 2.75) is 44.3 Å². The van der Waals surface area contributed by atoms with Gasteiger partial charge in [0.15, 0.2) is 11.5 Å². The molecule has 0 spiro atoms. The molecule has 3 heterocycles. The lowest BCUT2D eigenvalue weighted by Crippen LogP contribution is -2.58. The summed E-state index contributed by atoms with van der Waals surface area (Å²) in [5, 5.41) is 24.8. The van der Waals surface area contributed by atoms with Crippen LogP contribution < -0.4 is 10.1 Å². The minimum Gasteiger partial charge on any atom is -0.504 e. The van der Waals surface area contributed by atoms with Crippen molar-refractivity contribution in [2.75, 3.05) is 7.11 Å². The molecule has 2 fully saturated rings. The van der Waals surface area contributed by atoms with Crippen LogP contribution in [0.25, 0.3) is 10.9 Å². The second-order valence-electron chi connectivity index (χ2n) is 10.6. The summed E-state index contributed by atoms with van der Waals surface area (Å²) in [5.41, 5.74) is -0.414. The fourth-order valence-electron chi connectivity index (χ4n) is 5.85. The molecular formula is C27H29N3O6. The van der Waals surface area contributed by atoms with E-state index in [0.29, 0.717) is 5.56 Å². The number of amides is 2. The van der Waals surface area contributed by atoms with Crippen molar-refractivity contribution in [3.63, 3.8) is 0 Å². The maximum atomic E-state index is 13.8. The van der Waals surface area contributed by atoms with E-state index in [4.69, 9.17) is 4.74 Å². The van der Waals surface area contributed by atoms with Crippen LogP contribution in [0.1, 0.15) is 37.9 Å². The highest BCUT2D eigenvalue weighted by Crippen LogP contribution is 2.52. The smallest absolute Gasteiger partial charge is 0.325 e. The van der Waals surface area contributed by atoms with E-state index in [9.17, 15) is 24.6 Å². The molecule has 2 aliphatic heterocycles. The Kier molecular flexibility index (Phi) is 5.37. The third-order valence-corrected chi connectivity index (χ3v) is 7.41. The molecule has 2 amide bonds. The van der Waals surface area contributed by atoms with Gasteiger partial charge in [0, 0.05) is 35.1 Å². The van der Waals surface area contributed by atoms with Crippen molar-refractivity contribution in [1.82, 2.24) is 15.2 Å². The average Bonchev–Trinajstić information content (AvgIpc) is 3.46. The highest BCUT2D eigenvalue weighted by atomic mass is 16.5. The number of aromatic amines is 1. The number of carboxylic acid groups (broad SMARTS) is 1. The van der Waals surface area contributed by atoms with Gasteiger partial charge in [0.05, 0.1) is 18.9 Å². The SMILES string of the molecule is COc1cc(C2NC(Cc3c[nH]c4ccccc34)(C(=O)O)C3C(=O)N(C(C)(C)C)C(=O)C23)ccc1O. The summed E-state index contributed by atoms with van der Waals surface area (Å²) >= 11 is 0. The number of imide groups is 1. The number of carbonyl (C=O) groups is 3. The highest BCUT2D eigenvalue weighted by Gasteiger charge is 2.69. The molecule has 188 valence electrons. The zero-order chi connectivity index (χ0) is 26.0. The first-order chi connectivity index (χ1) is 17.0. The Hall–Kier alpha value is -3.85. The number of phenolic OH excluding ortho intramolecular Hbond substituents is 1. The van der Waals surface area contributed by atoms with Gasteiger partial charge in [-0.2, -0.15) is 0 Å². The Bertz CT molecular complexity index is 1390. The van der Waals surface area contributed by atoms with Crippen LogP contribution in [0.15, 0.2) is 48.7 Å². The van der Waals surface area contributed by atoms with Gasteiger partial charge in [0.1, 0.15) is 5.54 Å². The summed E-state index contributed by atoms with van der Waals surface area (Å²) in [7, 11) is 1.41. The van der Waals surface area contributed by atoms with E-state index in [0.717, 1.165) is 16.5 Å². The first-order valence-corrected chi connectivity index (χ1v) is 11.8. The number of nitrogens with zero attached hydrogens (tertiary/aromatic N) is 1. The normalized spacial score (nSPS) is 26.0. The van der Waals surface area contributed by atoms with Gasteiger partial charge in [-0.25, -0.2) is 0 Å². The summed E-state index contributed by atoms with van der Waals surface area (Å²) in [6.07, 6.45) is 1.75. The number of phenols is 1. The molecule has 5 rings (SSSR count). The summed E-state index contributed by atoms with van der Waals surface area (Å²) < 4.78 is 5.25. The van der Waals surface area contributed by atoms with Crippen molar-refractivity contribution in [2.24, 2.45) is 11.8 Å². The quantitative estimate of drug-likeness (QED) is 0.404. The van der Waals surface area contributed by atoms with Crippen molar-refractivity contribution >= 4 is 28.7 Å².